The normalized spacial score (nSPS) is 13.0. The van der Waals surface area contributed by atoms with E-state index in [1.165, 1.54) is 5.56 Å². The molecule has 1 unspecified atom stereocenters. The van der Waals surface area contributed by atoms with Crippen molar-refractivity contribution in [2.45, 2.75) is 33.2 Å². The Labute approximate surface area is 136 Å². The first-order valence-electron chi connectivity index (χ1n) is 7.66. The topological polar surface area (TPSA) is 49.3 Å². The van der Waals surface area contributed by atoms with Crippen molar-refractivity contribution in [2.24, 2.45) is 4.99 Å². The lowest BCUT2D eigenvalue weighted by atomic mass is 10.1. The fourth-order valence-corrected chi connectivity index (χ4v) is 2.89. The third kappa shape index (κ3) is 5.15. The van der Waals surface area contributed by atoms with Gasteiger partial charge in [-0.2, -0.15) is 11.3 Å². The fraction of sp³-hybridized carbons (Fsp3) is 0.412. The highest BCUT2D eigenvalue weighted by molar-refractivity contribution is 7.07. The smallest absolute Gasteiger partial charge is 0.191 e. The standard InChI is InChI=1S/C17H24N4S/c1-4-18-17(19-10-13(2)15-8-9-22-12-15)20-11-16-7-5-6-14(3)21-16/h5-9,12-13H,4,10-11H2,1-3H3,(H2,18,19,20). The second-order valence-electron chi connectivity index (χ2n) is 5.30. The largest absolute Gasteiger partial charge is 0.357 e. The SMILES string of the molecule is CCNC(=NCc1cccc(C)n1)NCC(C)c1ccsc1. The molecule has 0 fully saturated rings. The number of guanidine groups is 1. The molecule has 1 atom stereocenters. The molecule has 4 nitrogen and oxygen atoms in total. The van der Waals surface area contributed by atoms with Crippen LogP contribution in [0.3, 0.4) is 0 Å². The van der Waals surface area contributed by atoms with E-state index in [-0.39, 0.29) is 0 Å². The van der Waals surface area contributed by atoms with E-state index in [0.717, 1.165) is 30.4 Å². The van der Waals surface area contributed by atoms with Gasteiger partial charge in [-0.25, -0.2) is 4.99 Å². The number of rotatable bonds is 6. The van der Waals surface area contributed by atoms with Gasteiger partial charge in [-0.05, 0) is 54.3 Å². The molecule has 0 bridgehead atoms. The highest BCUT2D eigenvalue weighted by Gasteiger charge is 2.07. The van der Waals surface area contributed by atoms with Crippen molar-refractivity contribution >= 4 is 17.3 Å². The Morgan fingerprint density at radius 1 is 1.32 bits per heavy atom. The second kappa shape index (κ2) is 8.54. The van der Waals surface area contributed by atoms with Crippen LogP contribution in [-0.2, 0) is 6.54 Å². The average molecular weight is 316 g/mol. The number of nitrogens with one attached hydrogen (secondary N) is 2. The van der Waals surface area contributed by atoms with E-state index < -0.39 is 0 Å². The van der Waals surface area contributed by atoms with Crippen molar-refractivity contribution in [2.75, 3.05) is 13.1 Å². The summed E-state index contributed by atoms with van der Waals surface area (Å²) in [4.78, 5) is 9.09. The second-order valence-corrected chi connectivity index (χ2v) is 6.08. The van der Waals surface area contributed by atoms with Gasteiger partial charge in [0.1, 0.15) is 0 Å². The van der Waals surface area contributed by atoms with Gasteiger partial charge in [-0.3, -0.25) is 4.98 Å². The molecule has 5 heteroatoms. The maximum atomic E-state index is 4.61. The van der Waals surface area contributed by atoms with E-state index in [0.29, 0.717) is 12.5 Å². The lowest BCUT2D eigenvalue weighted by molar-refractivity contribution is 0.701. The molecule has 0 saturated heterocycles. The van der Waals surface area contributed by atoms with Crippen molar-refractivity contribution < 1.29 is 0 Å². The minimum Gasteiger partial charge on any atom is -0.357 e. The van der Waals surface area contributed by atoms with Crippen LogP contribution < -0.4 is 10.6 Å². The zero-order valence-corrected chi connectivity index (χ0v) is 14.3. The van der Waals surface area contributed by atoms with Crippen LogP contribution in [0.15, 0.2) is 40.0 Å². The lowest BCUT2D eigenvalue weighted by Gasteiger charge is -2.15. The molecule has 2 aromatic rings. The number of aryl methyl sites for hydroxylation is 1. The van der Waals surface area contributed by atoms with E-state index in [9.17, 15) is 0 Å². The summed E-state index contributed by atoms with van der Waals surface area (Å²) in [5.41, 5.74) is 3.38. The molecule has 0 radical (unpaired) electrons. The third-order valence-electron chi connectivity index (χ3n) is 3.38. The first kappa shape index (κ1) is 16.5. The summed E-state index contributed by atoms with van der Waals surface area (Å²) in [6.07, 6.45) is 0. The average Bonchev–Trinajstić information content (AvgIpc) is 3.04. The molecule has 0 aliphatic rings. The van der Waals surface area contributed by atoms with Gasteiger partial charge < -0.3 is 10.6 Å². The molecule has 2 rings (SSSR count). The summed E-state index contributed by atoms with van der Waals surface area (Å²) < 4.78 is 0. The predicted molar refractivity (Wildman–Crippen MR) is 94.5 cm³/mol. The summed E-state index contributed by atoms with van der Waals surface area (Å²) >= 11 is 1.74. The molecular weight excluding hydrogens is 292 g/mol. The van der Waals surface area contributed by atoms with E-state index in [1.807, 2.05) is 25.1 Å². The third-order valence-corrected chi connectivity index (χ3v) is 4.08. The number of nitrogens with zero attached hydrogens (tertiary/aromatic N) is 2. The van der Waals surface area contributed by atoms with Crippen LogP contribution in [-0.4, -0.2) is 24.0 Å². The number of aromatic nitrogens is 1. The highest BCUT2D eigenvalue weighted by atomic mass is 32.1. The van der Waals surface area contributed by atoms with Gasteiger partial charge in [-0.15, -0.1) is 0 Å². The quantitative estimate of drug-likeness (QED) is 0.635. The van der Waals surface area contributed by atoms with Gasteiger partial charge in [0.15, 0.2) is 5.96 Å². The molecule has 0 aromatic carbocycles. The van der Waals surface area contributed by atoms with E-state index in [4.69, 9.17) is 0 Å². The van der Waals surface area contributed by atoms with Crippen LogP contribution in [0.1, 0.15) is 36.7 Å². The Kier molecular flexibility index (Phi) is 6.40. The number of hydrogen-bond acceptors (Lipinski definition) is 3. The van der Waals surface area contributed by atoms with Crippen LogP contribution in [0.5, 0.6) is 0 Å². The number of pyridine rings is 1. The molecular formula is C17H24N4S. The first-order valence-corrected chi connectivity index (χ1v) is 8.60. The monoisotopic (exact) mass is 316 g/mol. The summed E-state index contributed by atoms with van der Waals surface area (Å²) in [6.45, 7) is 8.60. The van der Waals surface area contributed by atoms with E-state index in [1.54, 1.807) is 11.3 Å². The maximum absolute atomic E-state index is 4.61. The van der Waals surface area contributed by atoms with Crippen molar-refractivity contribution in [3.8, 4) is 0 Å². The van der Waals surface area contributed by atoms with Crippen molar-refractivity contribution in [1.82, 2.24) is 15.6 Å². The molecule has 0 spiro atoms. The Bertz CT molecular complexity index is 592. The lowest BCUT2D eigenvalue weighted by Crippen LogP contribution is -2.39. The highest BCUT2D eigenvalue weighted by Crippen LogP contribution is 2.16. The van der Waals surface area contributed by atoms with Crippen LogP contribution in [0, 0.1) is 6.92 Å². The Hall–Kier alpha value is -1.88. The first-order chi connectivity index (χ1) is 10.7. The number of thiophene rings is 1. The molecule has 2 heterocycles. The Morgan fingerprint density at radius 3 is 2.86 bits per heavy atom. The Balaban J connectivity index is 1.92. The zero-order chi connectivity index (χ0) is 15.8. The van der Waals surface area contributed by atoms with Gasteiger partial charge in [0.05, 0.1) is 12.2 Å². The summed E-state index contributed by atoms with van der Waals surface area (Å²) in [7, 11) is 0. The van der Waals surface area contributed by atoms with Crippen molar-refractivity contribution in [3.63, 3.8) is 0 Å². The minimum absolute atomic E-state index is 0.465. The van der Waals surface area contributed by atoms with Gasteiger partial charge >= 0.3 is 0 Å². The van der Waals surface area contributed by atoms with Crippen LogP contribution in [0.25, 0.3) is 0 Å². The van der Waals surface area contributed by atoms with Crippen molar-refractivity contribution in [1.29, 1.82) is 0 Å². The summed E-state index contributed by atoms with van der Waals surface area (Å²) in [5.74, 6) is 1.31. The predicted octanol–water partition coefficient (Wildman–Crippen LogP) is 3.31. The molecule has 118 valence electrons. The minimum atomic E-state index is 0.465. The van der Waals surface area contributed by atoms with Gasteiger partial charge in [0.25, 0.3) is 0 Å². The molecule has 0 saturated carbocycles. The van der Waals surface area contributed by atoms with E-state index in [2.05, 4.69) is 51.3 Å². The van der Waals surface area contributed by atoms with Crippen LogP contribution in [0.4, 0.5) is 0 Å². The maximum Gasteiger partial charge on any atom is 0.191 e. The molecule has 0 aliphatic heterocycles. The van der Waals surface area contributed by atoms with E-state index >= 15 is 0 Å². The van der Waals surface area contributed by atoms with Gasteiger partial charge in [-0.1, -0.05) is 13.0 Å². The Morgan fingerprint density at radius 2 is 2.18 bits per heavy atom. The van der Waals surface area contributed by atoms with Gasteiger partial charge in [0.2, 0.25) is 0 Å². The molecule has 22 heavy (non-hydrogen) atoms. The van der Waals surface area contributed by atoms with Crippen LogP contribution >= 0.6 is 11.3 Å². The fourth-order valence-electron chi connectivity index (χ4n) is 2.11. The summed E-state index contributed by atoms with van der Waals surface area (Å²) in [5, 5.41) is 11.0. The number of aliphatic imine (C=N–C) groups is 1. The number of hydrogen-bond donors (Lipinski definition) is 2. The van der Waals surface area contributed by atoms with Crippen molar-refractivity contribution in [3.05, 3.63) is 52.0 Å². The molecule has 0 aliphatic carbocycles. The summed E-state index contributed by atoms with van der Waals surface area (Å²) in [6, 6.07) is 8.21. The molecule has 2 aromatic heterocycles. The zero-order valence-electron chi connectivity index (χ0n) is 13.5. The van der Waals surface area contributed by atoms with Gasteiger partial charge in [0, 0.05) is 18.8 Å². The van der Waals surface area contributed by atoms with Crippen LogP contribution in [0.2, 0.25) is 0 Å². The molecule has 0 amide bonds. The molecule has 2 N–H and O–H groups in total.